The Labute approximate surface area is 173 Å². The van der Waals surface area contributed by atoms with E-state index in [1.54, 1.807) is 6.92 Å². The summed E-state index contributed by atoms with van der Waals surface area (Å²) in [6.07, 6.45) is 1.06. The molecule has 1 fully saturated rings. The summed E-state index contributed by atoms with van der Waals surface area (Å²) in [5, 5.41) is 0.355. The number of halogens is 3. The molecule has 0 aliphatic carbocycles. The number of hydrogen-bond donors (Lipinski definition) is 0. The van der Waals surface area contributed by atoms with Crippen LogP contribution in [0, 0.1) is 11.6 Å². The first-order chi connectivity index (χ1) is 13.7. The second-order valence-corrected chi connectivity index (χ2v) is 8.99. The molecular formula is C20H20ClF2NO4S. The molecule has 3 rings (SSSR count). The van der Waals surface area contributed by atoms with Crippen LogP contribution >= 0.6 is 11.6 Å². The van der Waals surface area contributed by atoms with E-state index in [0.29, 0.717) is 23.9 Å². The lowest BCUT2D eigenvalue weighted by Gasteiger charge is -2.39. The second kappa shape index (κ2) is 8.77. The highest BCUT2D eigenvalue weighted by Gasteiger charge is 2.44. The van der Waals surface area contributed by atoms with Gasteiger partial charge in [-0.3, -0.25) is 4.79 Å². The second-order valence-electron chi connectivity index (χ2n) is 6.71. The Bertz CT molecular complexity index is 978. The van der Waals surface area contributed by atoms with Gasteiger partial charge in [0, 0.05) is 11.1 Å². The van der Waals surface area contributed by atoms with E-state index in [-0.39, 0.29) is 23.5 Å². The number of carbonyl (C=O) groups excluding carboxylic acids is 1. The quantitative estimate of drug-likeness (QED) is 0.640. The van der Waals surface area contributed by atoms with Gasteiger partial charge in [0.15, 0.2) is 0 Å². The number of rotatable bonds is 5. The van der Waals surface area contributed by atoms with E-state index in [0.717, 1.165) is 16.4 Å². The van der Waals surface area contributed by atoms with Crippen molar-refractivity contribution in [3.63, 3.8) is 0 Å². The van der Waals surface area contributed by atoms with Crippen molar-refractivity contribution in [2.75, 3.05) is 6.61 Å². The summed E-state index contributed by atoms with van der Waals surface area (Å²) in [5.74, 6) is -2.32. The lowest BCUT2D eigenvalue weighted by molar-refractivity contribution is -0.149. The molecule has 1 heterocycles. The van der Waals surface area contributed by atoms with Gasteiger partial charge in [-0.05, 0) is 68.1 Å². The van der Waals surface area contributed by atoms with Gasteiger partial charge in [0.1, 0.15) is 17.7 Å². The summed E-state index contributed by atoms with van der Waals surface area (Å²) < 4.78 is 60.7. The van der Waals surface area contributed by atoms with E-state index >= 15 is 0 Å². The van der Waals surface area contributed by atoms with Crippen LogP contribution in [0.25, 0.3) is 0 Å². The fourth-order valence-corrected chi connectivity index (χ4v) is 5.52. The number of carbonyl (C=O) groups is 1. The largest absolute Gasteiger partial charge is 0.465 e. The minimum Gasteiger partial charge on any atom is -0.465 e. The van der Waals surface area contributed by atoms with Crippen molar-refractivity contribution in [3.8, 4) is 0 Å². The number of piperidine rings is 1. The van der Waals surface area contributed by atoms with E-state index in [9.17, 15) is 22.0 Å². The fourth-order valence-electron chi connectivity index (χ4n) is 3.58. The van der Waals surface area contributed by atoms with Crippen LogP contribution < -0.4 is 0 Å². The Hall–Kier alpha value is -2.03. The lowest BCUT2D eigenvalue weighted by atomic mass is 9.93. The molecule has 1 aliphatic heterocycles. The number of nitrogens with zero attached hydrogens (tertiary/aromatic N) is 1. The molecule has 1 aliphatic rings. The van der Waals surface area contributed by atoms with Gasteiger partial charge in [-0.2, -0.15) is 4.31 Å². The van der Waals surface area contributed by atoms with E-state index in [2.05, 4.69) is 0 Å². The molecule has 0 saturated carbocycles. The maximum atomic E-state index is 13.8. The number of hydrogen-bond acceptors (Lipinski definition) is 4. The van der Waals surface area contributed by atoms with Crippen molar-refractivity contribution in [2.45, 2.75) is 43.2 Å². The molecule has 0 amide bonds. The molecule has 156 valence electrons. The molecule has 0 N–H and O–H groups in total. The van der Waals surface area contributed by atoms with Crippen LogP contribution in [0.5, 0.6) is 0 Å². The van der Waals surface area contributed by atoms with Crippen LogP contribution in [0.2, 0.25) is 5.02 Å². The highest BCUT2D eigenvalue weighted by molar-refractivity contribution is 7.89. The SMILES string of the molecule is CCOC(=O)C1CCC[C@@H](c2cc(F)cc(F)c2)N1S(=O)(=O)c1ccc(Cl)cc1. The topological polar surface area (TPSA) is 63.7 Å². The van der Waals surface area contributed by atoms with Crippen LogP contribution in [0.3, 0.4) is 0 Å². The summed E-state index contributed by atoms with van der Waals surface area (Å²) in [4.78, 5) is 12.5. The summed E-state index contributed by atoms with van der Waals surface area (Å²) in [6, 6.07) is 6.40. The van der Waals surface area contributed by atoms with Gasteiger partial charge < -0.3 is 4.74 Å². The molecule has 2 atom stereocenters. The van der Waals surface area contributed by atoms with Gasteiger partial charge in [-0.1, -0.05) is 11.6 Å². The van der Waals surface area contributed by atoms with Crippen LogP contribution in [0.1, 0.15) is 37.8 Å². The van der Waals surface area contributed by atoms with Gasteiger partial charge in [0.25, 0.3) is 0 Å². The minimum atomic E-state index is -4.19. The third-order valence-corrected chi connectivity index (χ3v) is 6.97. The third-order valence-electron chi connectivity index (χ3n) is 4.79. The minimum absolute atomic E-state index is 0.0695. The van der Waals surface area contributed by atoms with E-state index in [1.807, 2.05) is 0 Å². The molecule has 0 radical (unpaired) electrons. The molecule has 29 heavy (non-hydrogen) atoms. The summed E-state index contributed by atoms with van der Waals surface area (Å²) >= 11 is 5.86. The molecule has 1 unspecified atom stereocenters. The smallest absolute Gasteiger partial charge is 0.324 e. The zero-order chi connectivity index (χ0) is 21.2. The molecule has 2 aromatic rings. The Kier molecular flexibility index (Phi) is 6.55. The Morgan fingerprint density at radius 1 is 1.14 bits per heavy atom. The molecule has 1 saturated heterocycles. The van der Waals surface area contributed by atoms with Crippen molar-refractivity contribution in [1.82, 2.24) is 4.31 Å². The van der Waals surface area contributed by atoms with E-state index < -0.39 is 39.7 Å². The molecular weight excluding hydrogens is 424 g/mol. The predicted octanol–water partition coefficient (Wildman–Crippen LogP) is 4.47. The van der Waals surface area contributed by atoms with Gasteiger partial charge in [-0.25, -0.2) is 17.2 Å². The van der Waals surface area contributed by atoms with Gasteiger partial charge >= 0.3 is 5.97 Å². The Balaban J connectivity index is 2.13. The van der Waals surface area contributed by atoms with E-state index in [1.165, 1.54) is 24.3 Å². The average Bonchev–Trinajstić information content (AvgIpc) is 2.67. The highest BCUT2D eigenvalue weighted by Crippen LogP contribution is 2.39. The Morgan fingerprint density at radius 3 is 2.34 bits per heavy atom. The van der Waals surface area contributed by atoms with Gasteiger partial charge in [-0.15, -0.1) is 0 Å². The van der Waals surface area contributed by atoms with Crippen LogP contribution in [0.15, 0.2) is 47.4 Å². The first kappa shape index (κ1) is 21.7. The van der Waals surface area contributed by atoms with Crippen molar-refractivity contribution >= 4 is 27.6 Å². The number of ether oxygens (including phenoxy) is 1. The highest BCUT2D eigenvalue weighted by atomic mass is 35.5. The molecule has 2 aromatic carbocycles. The normalized spacial score (nSPS) is 20.4. The van der Waals surface area contributed by atoms with Crippen LogP contribution in [-0.2, 0) is 19.6 Å². The Morgan fingerprint density at radius 2 is 1.76 bits per heavy atom. The first-order valence-electron chi connectivity index (χ1n) is 9.15. The summed E-state index contributed by atoms with van der Waals surface area (Å²) in [6.45, 7) is 1.71. The third kappa shape index (κ3) is 4.60. The standard InChI is InChI=1S/C20H20ClF2NO4S/c1-2-28-20(25)19-5-3-4-18(13-10-15(22)12-16(23)11-13)24(19)29(26,27)17-8-6-14(21)7-9-17/h6-12,18-19H,2-5H2,1H3/t18-,19?/m0/s1. The van der Waals surface area contributed by atoms with Crippen molar-refractivity contribution < 1.29 is 26.7 Å². The van der Waals surface area contributed by atoms with Gasteiger partial charge in [0.05, 0.1) is 17.5 Å². The number of benzene rings is 2. The van der Waals surface area contributed by atoms with Crippen molar-refractivity contribution in [2.24, 2.45) is 0 Å². The number of sulfonamides is 1. The molecule has 0 aromatic heterocycles. The maximum absolute atomic E-state index is 13.8. The van der Waals surface area contributed by atoms with Gasteiger partial charge in [0.2, 0.25) is 10.0 Å². The zero-order valence-corrected chi connectivity index (χ0v) is 17.2. The van der Waals surface area contributed by atoms with Crippen molar-refractivity contribution in [1.29, 1.82) is 0 Å². The fraction of sp³-hybridized carbons (Fsp3) is 0.350. The molecule has 5 nitrogen and oxygen atoms in total. The molecule has 0 spiro atoms. The summed E-state index contributed by atoms with van der Waals surface area (Å²) in [5.41, 5.74) is 0.147. The average molecular weight is 444 g/mol. The van der Waals surface area contributed by atoms with Crippen LogP contribution in [-0.4, -0.2) is 31.3 Å². The maximum Gasteiger partial charge on any atom is 0.324 e. The first-order valence-corrected chi connectivity index (χ1v) is 11.0. The summed E-state index contributed by atoms with van der Waals surface area (Å²) in [7, 11) is -4.19. The number of esters is 1. The van der Waals surface area contributed by atoms with Crippen molar-refractivity contribution in [3.05, 3.63) is 64.7 Å². The zero-order valence-electron chi connectivity index (χ0n) is 15.6. The van der Waals surface area contributed by atoms with E-state index in [4.69, 9.17) is 16.3 Å². The lowest BCUT2D eigenvalue weighted by Crippen LogP contribution is -2.50. The molecule has 0 bridgehead atoms. The monoisotopic (exact) mass is 443 g/mol. The van der Waals surface area contributed by atoms with Crippen LogP contribution in [0.4, 0.5) is 8.78 Å². The predicted molar refractivity (Wildman–Crippen MR) is 104 cm³/mol. The molecule has 9 heteroatoms.